The summed E-state index contributed by atoms with van der Waals surface area (Å²) in [5.41, 5.74) is 1.18. The molecule has 1 aromatic carbocycles. The molecule has 0 bridgehead atoms. The molecule has 0 aliphatic carbocycles. The van der Waals surface area contributed by atoms with E-state index in [-0.39, 0.29) is 12.4 Å². The number of sulfone groups is 1. The van der Waals surface area contributed by atoms with Crippen molar-refractivity contribution in [3.63, 3.8) is 0 Å². The molecule has 0 saturated heterocycles. The third-order valence-corrected chi connectivity index (χ3v) is 5.77. The van der Waals surface area contributed by atoms with Gasteiger partial charge in [-0.25, -0.2) is 8.42 Å². The maximum absolute atomic E-state index is 12.0. The van der Waals surface area contributed by atoms with Gasteiger partial charge in [-0.05, 0) is 39.3 Å². The van der Waals surface area contributed by atoms with E-state index in [0.29, 0.717) is 23.4 Å². The Labute approximate surface area is 126 Å². The molecular formula is C15H23NO4S. The molecule has 1 N–H and O–H groups in total. The monoisotopic (exact) mass is 313 g/mol. The smallest absolute Gasteiger partial charge is 0.158 e. The van der Waals surface area contributed by atoms with E-state index in [4.69, 9.17) is 9.94 Å². The minimum absolute atomic E-state index is 0.0530. The predicted octanol–water partition coefficient (Wildman–Crippen LogP) is 2.87. The molecule has 0 aliphatic heterocycles. The van der Waals surface area contributed by atoms with E-state index < -0.39 is 14.6 Å². The molecule has 1 aromatic rings. The lowest BCUT2D eigenvalue weighted by atomic mass is 10.1. The molecule has 0 atom stereocenters. The summed E-state index contributed by atoms with van der Waals surface area (Å²) in [7, 11) is -3.22. The number of benzene rings is 1. The fourth-order valence-corrected chi connectivity index (χ4v) is 2.63. The summed E-state index contributed by atoms with van der Waals surface area (Å²) in [6.07, 6.45) is 0.553. The number of nitrogens with zero attached hydrogens (tertiary/aromatic N) is 1. The lowest BCUT2D eigenvalue weighted by molar-refractivity contribution is 0.316. The lowest BCUT2D eigenvalue weighted by Crippen LogP contribution is -2.32. The van der Waals surface area contributed by atoms with E-state index in [1.165, 1.54) is 0 Å². The van der Waals surface area contributed by atoms with Gasteiger partial charge in [-0.1, -0.05) is 24.2 Å². The van der Waals surface area contributed by atoms with E-state index in [0.717, 1.165) is 0 Å². The molecule has 0 amide bonds. The Morgan fingerprint density at radius 1 is 1.29 bits per heavy atom. The maximum Gasteiger partial charge on any atom is 0.158 e. The van der Waals surface area contributed by atoms with Crippen molar-refractivity contribution in [3.8, 4) is 5.75 Å². The van der Waals surface area contributed by atoms with Crippen molar-refractivity contribution in [2.45, 2.75) is 38.9 Å². The number of para-hydroxylation sites is 1. The first kappa shape index (κ1) is 17.5. The largest absolute Gasteiger partial charge is 0.492 e. The number of oxime groups is 1. The number of rotatable bonds is 6. The van der Waals surface area contributed by atoms with Gasteiger partial charge < -0.3 is 9.94 Å². The fourth-order valence-electron chi connectivity index (χ4n) is 1.71. The van der Waals surface area contributed by atoms with Crippen LogP contribution in [0, 0.1) is 0 Å². The summed E-state index contributed by atoms with van der Waals surface area (Å²) < 4.78 is 28.8. The Hall–Kier alpha value is -1.56. The second-order valence-corrected chi connectivity index (χ2v) is 8.54. The molecule has 5 nitrogen and oxygen atoms in total. The van der Waals surface area contributed by atoms with Crippen LogP contribution in [-0.4, -0.2) is 36.4 Å². The van der Waals surface area contributed by atoms with Crippen molar-refractivity contribution in [3.05, 3.63) is 29.8 Å². The van der Waals surface area contributed by atoms with E-state index in [2.05, 4.69) is 5.16 Å². The van der Waals surface area contributed by atoms with E-state index in [1.807, 2.05) is 13.0 Å². The summed E-state index contributed by atoms with van der Waals surface area (Å²) in [5.74, 6) is 0.471. The Kier molecular flexibility index (Phi) is 5.78. The normalized spacial score (nSPS) is 13.2. The third kappa shape index (κ3) is 4.46. The number of hydrogen-bond donors (Lipinski definition) is 1. The highest BCUT2D eigenvalue weighted by atomic mass is 32.2. The molecule has 0 radical (unpaired) electrons. The van der Waals surface area contributed by atoms with E-state index in [1.54, 1.807) is 39.0 Å². The summed E-state index contributed by atoms with van der Waals surface area (Å²) in [6, 6.07) is 7.13. The van der Waals surface area contributed by atoms with Gasteiger partial charge in [0.1, 0.15) is 12.4 Å². The van der Waals surface area contributed by atoms with Crippen LogP contribution in [-0.2, 0) is 9.84 Å². The van der Waals surface area contributed by atoms with Gasteiger partial charge in [-0.15, -0.1) is 0 Å². The van der Waals surface area contributed by atoms with Gasteiger partial charge in [-0.2, -0.15) is 0 Å². The first-order valence-corrected chi connectivity index (χ1v) is 8.53. The van der Waals surface area contributed by atoms with Crippen LogP contribution < -0.4 is 4.74 Å². The van der Waals surface area contributed by atoms with E-state index in [9.17, 15) is 8.42 Å². The van der Waals surface area contributed by atoms with Crippen molar-refractivity contribution in [1.82, 2.24) is 0 Å². The van der Waals surface area contributed by atoms with Crippen LogP contribution in [0.25, 0.3) is 0 Å². The first-order valence-electron chi connectivity index (χ1n) is 6.88. The Morgan fingerprint density at radius 2 is 1.90 bits per heavy atom. The second-order valence-electron chi connectivity index (χ2n) is 5.68. The quantitative estimate of drug-likeness (QED) is 0.498. The van der Waals surface area contributed by atoms with Crippen molar-refractivity contribution < 1.29 is 18.4 Å². The molecule has 0 fully saturated rings. The molecule has 0 aliphatic rings. The van der Waals surface area contributed by atoms with Crippen molar-refractivity contribution in [2.75, 3.05) is 12.4 Å². The first-order chi connectivity index (χ1) is 9.73. The molecule has 1 rings (SSSR count). The molecular weight excluding hydrogens is 290 g/mol. The van der Waals surface area contributed by atoms with Gasteiger partial charge in [0.15, 0.2) is 9.84 Å². The van der Waals surface area contributed by atoms with Crippen LogP contribution in [0.4, 0.5) is 0 Å². The van der Waals surface area contributed by atoms with Crippen molar-refractivity contribution in [2.24, 2.45) is 5.16 Å². The highest BCUT2D eigenvalue weighted by Gasteiger charge is 2.28. The fraction of sp³-hybridized carbons (Fsp3) is 0.533. The second kappa shape index (κ2) is 6.93. The summed E-state index contributed by atoms with van der Waals surface area (Å²) in [5, 5.41) is 12.3. The molecule has 21 heavy (non-hydrogen) atoms. The molecule has 6 heteroatoms. The number of hydrogen-bond acceptors (Lipinski definition) is 5. The van der Waals surface area contributed by atoms with Gasteiger partial charge in [0.05, 0.1) is 16.2 Å². The Balaban J connectivity index is 2.83. The van der Waals surface area contributed by atoms with Gasteiger partial charge in [0.2, 0.25) is 0 Å². The van der Waals surface area contributed by atoms with Crippen LogP contribution in [0.15, 0.2) is 29.4 Å². The number of ether oxygens (including phenoxy) is 1. The zero-order chi connectivity index (χ0) is 16.1. The molecule has 118 valence electrons. The van der Waals surface area contributed by atoms with Gasteiger partial charge >= 0.3 is 0 Å². The lowest BCUT2D eigenvalue weighted by Gasteiger charge is -2.19. The average molecular weight is 313 g/mol. The predicted molar refractivity (Wildman–Crippen MR) is 84.1 cm³/mol. The van der Waals surface area contributed by atoms with Crippen LogP contribution in [0.2, 0.25) is 0 Å². The summed E-state index contributed by atoms with van der Waals surface area (Å²) >= 11 is 0. The minimum Gasteiger partial charge on any atom is -0.492 e. The van der Waals surface area contributed by atoms with E-state index >= 15 is 0 Å². The van der Waals surface area contributed by atoms with Gasteiger partial charge in [0, 0.05) is 5.56 Å². The third-order valence-electron chi connectivity index (χ3n) is 3.20. The van der Waals surface area contributed by atoms with Crippen LogP contribution in [0.1, 0.15) is 39.7 Å². The Bertz CT molecular complexity index is 600. The maximum atomic E-state index is 12.0. The average Bonchev–Trinajstić information content (AvgIpc) is 2.40. The molecule has 0 heterocycles. The highest BCUT2D eigenvalue weighted by molar-refractivity contribution is 7.92. The highest BCUT2D eigenvalue weighted by Crippen LogP contribution is 2.21. The Morgan fingerprint density at radius 3 is 2.43 bits per heavy atom. The zero-order valence-electron chi connectivity index (χ0n) is 13.0. The molecule has 0 saturated carbocycles. The van der Waals surface area contributed by atoms with Crippen molar-refractivity contribution >= 4 is 15.5 Å². The SMILES string of the molecule is CC/C(=N/O)c1ccccc1OCCS(=O)(=O)C(C)(C)C. The van der Waals surface area contributed by atoms with Crippen LogP contribution in [0.3, 0.4) is 0 Å². The standard InChI is InChI=1S/C15H23NO4S/c1-5-13(16-17)12-8-6-7-9-14(12)20-10-11-21(18,19)15(2,3)4/h6-9,17H,5,10-11H2,1-4H3/b16-13-. The topological polar surface area (TPSA) is 76.0 Å². The molecule has 0 aromatic heterocycles. The molecule has 0 unspecified atom stereocenters. The minimum atomic E-state index is -3.22. The van der Waals surface area contributed by atoms with Gasteiger partial charge in [-0.3, -0.25) is 0 Å². The zero-order valence-corrected chi connectivity index (χ0v) is 13.8. The van der Waals surface area contributed by atoms with Crippen molar-refractivity contribution in [1.29, 1.82) is 0 Å². The molecule has 0 spiro atoms. The summed E-state index contributed by atoms with van der Waals surface area (Å²) in [4.78, 5) is 0. The summed E-state index contributed by atoms with van der Waals surface area (Å²) in [6.45, 7) is 6.95. The van der Waals surface area contributed by atoms with Gasteiger partial charge in [0.25, 0.3) is 0 Å². The van der Waals surface area contributed by atoms with Crippen LogP contribution in [0.5, 0.6) is 5.75 Å². The van der Waals surface area contributed by atoms with Crippen LogP contribution >= 0.6 is 0 Å².